The molecule has 0 bridgehead atoms. The number of nitrogens with one attached hydrogen (secondary N) is 1. The Labute approximate surface area is 109 Å². The van der Waals surface area contributed by atoms with Gasteiger partial charge in [-0.1, -0.05) is 5.16 Å². The fraction of sp³-hybridized carbons (Fsp3) is 0.385. The molecule has 1 atom stereocenters. The van der Waals surface area contributed by atoms with Crippen molar-refractivity contribution in [2.45, 2.75) is 18.8 Å². The van der Waals surface area contributed by atoms with Crippen molar-refractivity contribution >= 4 is 0 Å². The minimum Gasteiger partial charge on any atom is -0.505 e. The van der Waals surface area contributed by atoms with E-state index in [0.717, 1.165) is 19.5 Å². The molecule has 2 N–H and O–H groups in total. The van der Waals surface area contributed by atoms with Crippen molar-refractivity contribution in [2.24, 2.45) is 0 Å². The summed E-state index contributed by atoms with van der Waals surface area (Å²) in [5.41, 5.74) is 0.320. The summed E-state index contributed by atoms with van der Waals surface area (Å²) in [4.78, 5) is 4.34. The Hall–Kier alpha value is -1.95. The second-order valence-electron chi connectivity index (χ2n) is 5.08. The maximum absolute atomic E-state index is 13.3. The van der Waals surface area contributed by atoms with Crippen LogP contribution in [-0.2, 0) is 5.41 Å². The predicted molar refractivity (Wildman–Crippen MR) is 66.2 cm³/mol. The molecule has 0 amide bonds. The van der Waals surface area contributed by atoms with Gasteiger partial charge in [0.05, 0.1) is 5.41 Å². The molecular formula is C13H14FN3O2. The van der Waals surface area contributed by atoms with E-state index in [1.807, 2.05) is 0 Å². The van der Waals surface area contributed by atoms with Gasteiger partial charge in [-0.15, -0.1) is 0 Å². The molecule has 1 aliphatic rings. The third-order valence-corrected chi connectivity index (χ3v) is 3.52. The molecule has 1 unspecified atom stereocenters. The highest BCUT2D eigenvalue weighted by molar-refractivity contribution is 5.56. The average Bonchev–Trinajstić information content (AvgIpc) is 3.02. The SMILES string of the molecule is CC1(c2nc(-c3ccc(O)c(F)c3)no2)CCNC1. The monoisotopic (exact) mass is 263 g/mol. The predicted octanol–water partition coefficient (Wildman–Crippen LogP) is 1.83. The van der Waals surface area contributed by atoms with Crippen molar-refractivity contribution in [1.82, 2.24) is 15.5 Å². The zero-order valence-corrected chi connectivity index (χ0v) is 10.5. The Bertz CT molecular complexity index is 606. The molecule has 0 radical (unpaired) electrons. The van der Waals surface area contributed by atoms with E-state index >= 15 is 0 Å². The first-order valence-electron chi connectivity index (χ1n) is 6.12. The Morgan fingerprint density at radius 2 is 2.32 bits per heavy atom. The van der Waals surface area contributed by atoms with E-state index in [1.165, 1.54) is 12.1 Å². The number of phenols is 1. The third kappa shape index (κ3) is 2.08. The molecule has 1 saturated heterocycles. The third-order valence-electron chi connectivity index (χ3n) is 3.52. The number of rotatable bonds is 2. The maximum atomic E-state index is 13.3. The summed E-state index contributed by atoms with van der Waals surface area (Å²) in [6.07, 6.45) is 0.929. The van der Waals surface area contributed by atoms with Gasteiger partial charge in [0.15, 0.2) is 11.6 Å². The lowest BCUT2D eigenvalue weighted by Gasteiger charge is -2.15. The molecule has 0 aliphatic carbocycles. The lowest BCUT2D eigenvalue weighted by atomic mass is 9.90. The van der Waals surface area contributed by atoms with Crippen LogP contribution in [0.2, 0.25) is 0 Å². The molecule has 1 aromatic heterocycles. The number of phenolic OH excluding ortho intramolecular Hbond substituents is 1. The highest BCUT2D eigenvalue weighted by Crippen LogP contribution is 2.30. The molecule has 0 spiro atoms. The Balaban J connectivity index is 1.94. The largest absolute Gasteiger partial charge is 0.505 e. The van der Waals surface area contributed by atoms with E-state index in [1.54, 1.807) is 6.07 Å². The summed E-state index contributed by atoms with van der Waals surface area (Å²) in [5, 5.41) is 16.3. The summed E-state index contributed by atoms with van der Waals surface area (Å²) in [6.45, 7) is 3.77. The van der Waals surface area contributed by atoms with Crippen LogP contribution < -0.4 is 5.32 Å². The molecule has 100 valence electrons. The number of aromatic nitrogens is 2. The molecular weight excluding hydrogens is 249 g/mol. The van der Waals surface area contributed by atoms with Crippen LogP contribution in [0, 0.1) is 5.82 Å². The second-order valence-corrected chi connectivity index (χ2v) is 5.08. The van der Waals surface area contributed by atoms with Gasteiger partial charge < -0.3 is 14.9 Å². The van der Waals surface area contributed by atoms with E-state index in [-0.39, 0.29) is 11.2 Å². The number of benzene rings is 1. The van der Waals surface area contributed by atoms with Gasteiger partial charge >= 0.3 is 0 Å². The first-order valence-corrected chi connectivity index (χ1v) is 6.12. The number of hydrogen-bond donors (Lipinski definition) is 2. The minimum atomic E-state index is -0.697. The maximum Gasteiger partial charge on any atom is 0.234 e. The van der Waals surface area contributed by atoms with Crippen LogP contribution in [-0.4, -0.2) is 28.3 Å². The fourth-order valence-corrected chi connectivity index (χ4v) is 2.23. The van der Waals surface area contributed by atoms with Crippen LogP contribution in [0.25, 0.3) is 11.4 Å². The lowest BCUT2D eigenvalue weighted by Crippen LogP contribution is -2.25. The van der Waals surface area contributed by atoms with Crippen LogP contribution in [0.5, 0.6) is 5.75 Å². The number of nitrogens with zero attached hydrogens (tertiary/aromatic N) is 2. The number of halogens is 1. The fourth-order valence-electron chi connectivity index (χ4n) is 2.23. The average molecular weight is 263 g/mol. The summed E-state index contributed by atoms with van der Waals surface area (Å²) in [6, 6.07) is 4.03. The first kappa shape index (κ1) is 12.1. The van der Waals surface area contributed by atoms with E-state index in [9.17, 15) is 4.39 Å². The summed E-state index contributed by atoms with van der Waals surface area (Å²) >= 11 is 0. The van der Waals surface area contributed by atoms with Gasteiger partial charge in [-0.2, -0.15) is 4.98 Å². The van der Waals surface area contributed by atoms with E-state index < -0.39 is 5.82 Å². The Kier molecular flexibility index (Phi) is 2.74. The van der Waals surface area contributed by atoms with Crippen LogP contribution in [0.4, 0.5) is 4.39 Å². The van der Waals surface area contributed by atoms with Gasteiger partial charge in [-0.25, -0.2) is 4.39 Å². The molecule has 1 aliphatic heterocycles. The van der Waals surface area contributed by atoms with Gasteiger partial charge in [-0.05, 0) is 38.1 Å². The smallest absolute Gasteiger partial charge is 0.234 e. The molecule has 3 rings (SSSR count). The van der Waals surface area contributed by atoms with Crippen LogP contribution in [0.1, 0.15) is 19.2 Å². The highest BCUT2D eigenvalue weighted by atomic mass is 19.1. The summed E-state index contributed by atoms with van der Waals surface area (Å²) in [5.74, 6) is -0.194. The Morgan fingerprint density at radius 1 is 1.47 bits per heavy atom. The number of aromatic hydroxyl groups is 1. The molecule has 1 aromatic carbocycles. The van der Waals surface area contributed by atoms with Crippen molar-refractivity contribution in [3.63, 3.8) is 0 Å². The zero-order chi connectivity index (χ0) is 13.5. The molecule has 0 saturated carbocycles. The minimum absolute atomic E-state index is 0.166. The van der Waals surface area contributed by atoms with E-state index in [2.05, 4.69) is 22.4 Å². The van der Waals surface area contributed by atoms with Crippen LogP contribution >= 0.6 is 0 Å². The standard InChI is InChI=1S/C13H14FN3O2/c1-13(4-5-15-7-13)12-16-11(17-19-12)8-2-3-10(18)9(14)6-8/h2-3,6,15,18H,4-5,7H2,1H3. The van der Waals surface area contributed by atoms with Gasteiger partial charge in [0.25, 0.3) is 0 Å². The summed E-state index contributed by atoms with van der Waals surface area (Å²) < 4.78 is 18.6. The topological polar surface area (TPSA) is 71.2 Å². The van der Waals surface area contributed by atoms with Crippen molar-refractivity contribution in [2.75, 3.05) is 13.1 Å². The Morgan fingerprint density at radius 3 is 3.00 bits per heavy atom. The van der Waals surface area contributed by atoms with Crippen molar-refractivity contribution in [3.05, 3.63) is 29.9 Å². The number of hydrogen-bond acceptors (Lipinski definition) is 5. The van der Waals surface area contributed by atoms with Crippen molar-refractivity contribution in [3.8, 4) is 17.1 Å². The molecule has 5 nitrogen and oxygen atoms in total. The molecule has 1 fully saturated rings. The zero-order valence-electron chi connectivity index (χ0n) is 10.5. The van der Waals surface area contributed by atoms with Crippen molar-refractivity contribution in [1.29, 1.82) is 0 Å². The normalized spacial score (nSPS) is 22.8. The second kappa shape index (κ2) is 4.31. The molecule has 2 heterocycles. The van der Waals surface area contributed by atoms with Gasteiger partial charge in [0, 0.05) is 12.1 Å². The molecule has 19 heavy (non-hydrogen) atoms. The van der Waals surface area contributed by atoms with Gasteiger partial charge in [-0.3, -0.25) is 0 Å². The van der Waals surface area contributed by atoms with Crippen LogP contribution in [0.3, 0.4) is 0 Å². The summed E-state index contributed by atoms with van der Waals surface area (Å²) in [7, 11) is 0. The van der Waals surface area contributed by atoms with Gasteiger partial charge in [0.1, 0.15) is 0 Å². The van der Waals surface area contributed by atoms with Crippen LogP contribution in [0.15, 0.2) is 22.7 Å². The van der Waals surface area contributed by atoms with Gasteiger partial charge in [0.2, 0.25) is 11.7 Å². The molecule has 6 heteroatoms. The van der Waals surface area contributed by atoms with Crippen molar-refractivity contribution < 1.29 is 14.0 Å². The van der Waals surface area contributed by atoms with E-state index in [0.29, 0.717) is 17.3 Å². The highest BCUT2D eigenvalue weighted by Gasteiger charge is 2.36. The first-order chi connectivity index (χ1) is 9.08. The van der Waals surface area contributed by atoms with E-state index in [4.69, 9.17) is 9.63 Å². The quantitative estimate of drug-likeness (QED) is 0.865. The lowest BCUT2D eigenvalue weighted by molar-refractivity contribution is 0.306. The molecule has 2 aromatic rings.